The molecule has 7 nitrogen and oxygen atoms in total. The standard InChI is InChI=1S/C10H12F2N6O/c1-2-14-8-15-9(18-4-3-13-6-18)17-10(16-8)19-5-7(11)12/h3-4,6-7H,2,5H2,1H3,(H,14,15,16,17). The minimum Gasteiger partial charge on any atom is -0.457 e. The number of alkyl halides is 2. The van der Waals surface area contributed by atoms with Crippen molar-refractivity contribution in [2.24, 2.45) is 0 Å². The molecule has 0 saturated carbocycles. The second-order valence-corrected chi connectivity index (χ2v) is 3.44. The van der Waals surface area contributed by atoms with E-state index < -0.39 is 13.0 Å². The van der Waals surface area contributed by atoms with Crippen molar-refractivity contribution in [2.75, 3.05) is 18.5 Å². The summed E-state index contributed by atoms with van der Waals surface area (Å²) < 4.78 is 30.6. The van der Waals surface area contributed by atoms with Crippen LogP contribution in [0.1, 0.15) is 6.92 Å². The molecule has 0 bridgehead atoms. The molecule has 0 saturated heterocycles. The molecule has 0 spiro atoms. The molecular formula is C10H12F2N6O. The molecule has 0 aromatic carbocycles. The van der Waals surface area contributed by atoms with Gasteiger partial charge in [0.1, 0.15) is 6.33 Å². The maximum absolute atomic E-state index is 12.1. The molecule has 2 aromatic rings. The monoisotopic (exact) mass is 270 g/mol. The van der Waals surface area contributed by atoms with Crippen molar-refractivity contribution in [1.82, 2.24) is 24.5 Å². The molecule has 0 unspecified atom stereocenters. The van der Waals surface area contributed by atoms with Crippen LogP contribution in [0.25, 0.3) is 5.95 Å². The molecule has 2 rings (SSSR count). The van der Waals surface area contributed by atoms with Gasteiger partial charge < -0.3 is 10.1 Å². The number of nitrogens with one attached hydrogen (secondary N) is 1. The smallest absolute Gasteiger partial charge is 0.323 e. The highest BCUT2D eigenvalue weighted by Gasteiger charge is 2.11. The molecule has 0 amide bonds. The van der Waals surface area contributed by atoms with Crippen LogP contribution in [0.4, 0.5) is 14.7 Å². The van der Waals surface area contributed by atoms with Crippen LogP contribution < -0.4 is 10.1 Å². The Labute approximate surface area is 107 Å². The fourth-order valence-electron chi connectivity index (χ4n) is 1.28. The molecule has 19 heavy (non-hydrogen) atoms. The highest BCUT2D eigenvalue weighted by atomic mass is 19.3. The van der Waals surface area contributed by atoms with E-state index in [1.54, 1.807) is 12.4 Å². The van der Waals surface area contributed by atoms with Gasteiger partial charge in [0.2, 0.25) is 11.9 Å². The van der Waals surface area contributed by atoms with E-state index in [0.29, 0.717) is 6.54 Å². The third kappa shape index (κ3) is 3.57. The van der Waals surface area contributed by atoms with Gasteiger partial charge in [-0.25, -0.2) is 13.8 Å². The lowest BCUT2D eigenvalue weighted by Gasteiger charge is -2.08. The van der Waals surface area contributed by atoms with E-state index in [-0.39, 0.29) is 17.9 Å². The van der Waals surface area contributed by atoms with Crippen molar-refractivity contribution < 1.29 is 13.5 Å². The fourth-order valence-corrected chi connectivity index (χ4v) is 1.28. The Morgan fingerprint density at radius 3 is 2.84 bits per heavy atom. The molecule has 9 heteroatoms. The highest BCUT2D eigenvalue weighted by molar-refractivity contribution is 5.30. The molecule has 0 aliphatic rings. The van der Waals surface area contributed by atoms with Crippen molar-refractivity contribution in [2.45, 2.75) is 13.3 Å². The number of hydrogen-bond acceptors (Lipinski definition) is 6. The molecule has 1 N–H and O–H groups in total. The Balaban J connectivity index is 2.27. The van der Waals surface area contributed by atoms with E-state index in [1.807, 2.05) is 6.92 Å². The normalized spacial score (nSPS) is 10.7. The SMILES string of the molecule is CCNc1nc(OCC(F)F)nc(-n2ccnc2)n1. The molecule has 0 radical (unpaired) electrons. The topological polar surface area (TPSA) is 77.8 Å². The molecule has 102 valence electrons. The van der Waals surface area contributed by atoms with Crippen LogP contribution in [0.3, 0.4) is 0 Å². The summed E-state index contributed by atoms with van der Waals surface area (Å²) in [4.78, 5) is 15.8. The predicted octanol–water partition coefficient (Wildman–Crippen LogP) is 1.13. The summed E-state index contributed by atoms with van der Waals surface area (Å²) in [5.74, 6) is 0.498. The van der Waals surface area contributed by atoms with Gasteiger partial charge in [0, 0.05) is 18.9 Å². The minimum atomic E-state index is -2.59. The average Bonchev–Trinajstić information content (AvgIpc) is 2.90. The summed E-state index contributed by atoms with van der Waals surface area (Å²) >= 11 is 0. The number of anilines is 1. The van der Waals surface area contributed by atoms with Gasteiger partial charge in [-0.1, -0.05) is 0 Å². The Morgan fingerprint density at radius 1 is 1.37 bits per heavy atom. The highest BCUT2D eigenvalue weighted by Crippen LogP contribution is 2.11. The van der Waals surface area contributed by atoms with Gasteiger partial charge in [0.25, 0.3) is 6.43 Å². The van der Waals surface area contributed by atoms with E-state index in [2.05, 4.69) is 25.3 Å². The number of hydrogen-bond donors (Lipinski definition) is 1. The van der Waals surface area contributed by atoms with Crippen LogP contribution in [-0.2, 0) is 0 Å². The largest absolute Gasteiger partial charge is 0.457 e. The van der Waals surface area contributed by atoms with Gasteiger partial charge in [-0.2, -0.15) is 15.0 Å². The van der Waals surface area contributed by atoms with Crippen LogP contribution in [0.5, 0.6) is 6.01 Å². The molecule has 2 aromatic heterocycles. The maximum atomic E-state index is 12.1. The van der Waals surface area contributed by atoms with Crippen LogP contribution in [0, 0.1) is 0 Å². The van der Waals surface area contributed by atoms with E-state index >= 15 is 0 Å². The van der Waals surface area contributed by atoms with Gasteiger partial charge >= 0.3 is 6.01 Å². The zero-order valence-electron chi connectivity index (χ0n) is 10.1. The molecule has 0 atom stereocenters. The van der Waals surface area contributed by atoms with E-state index in [0.717, 1.165) is 0 Å². The van der Waals surface area contributed by atoms with Gasteiger partial charge in [0.15, 0.2) is 6.61 Å². The number of nitrogens with zero attached hydrogens (tertiary/aromatic N) is 5. The second-order valence-electron chi connectivity index (χ2n) is 3.44. The van der Waals surface area contributed by atoms with Gasteiger partial charge in [-0.05, 0) is 6.92 Å². The predicted molar refractivity (Wildman–Crippen MR) is 62.6 cm³/mol. The van der Waals surface area contributed by atoms with Gasteiger partial charge in [-0.3, -0.25) is 4.57 Å². The summed E-state index contributed by atoms with van der Waals surface area (Å²) in [6.45, 7) is 1.68. The maximum Gasteiger partial charge on any atom is 0.323 e. The summed E-state index contributed by atoms with van der Waals surface area (Å²) in [5, 5.41) is 2.87. The van der Waals surface area contributed by atoms with Gasteiger partial charge in [-0.15, -0.1) is 0 Å². The van der Waals surface area contributed by atoms with Crippen molar-refractivity contribution >= 4 is 5.95 Å². The zero-order valence-corrected chi connectivity index (χ0v) is 10.1. The molecule has 2 heterocycles. The van der Waals surface area contributed by atoms with Crippen LogP contribution in [0.15, 0.2) is 18.7 Å². The van der Waals surface area contributed by atoms with Crippen molar-refractivity contribution in [3.05, 3.63) is 18.7 Å². The molecule has 0 aliphatic carbocycles. The number of imidazole rings is 1. The number of ether oxygens (including phenoxy) is 1. The number of halogens is 2. The lowest BCUT2D eigenvalue weighted by molar-refractivity contribution is 0.0769. The Hall–Kier alpha value is -2.32. The van der Waals surface area contributed by atoms with E-state index in [4.69, 9.17) is 4.74 Å². The van der Waals surface area contributed by atoms with Crippen molar-refractivity contribution in [3.63, 3.8) is 0 Å². The number of rotatable bonds is 6. The lowest BCUT2D eigenvalue weighted by Crippen LogP contribution is -2.13. The Kier molecular flexibility index (Phi) is 4.16. The van der Waals surface area contributed by atoms with Gasteiger partial charge in [0.05, 0.1) is 0 Å². The first kappa shape index (κ1) is 13.1. The number of aromatic nitrogens is 5. The van der Waals surface area contributed by atoms with E-state index in [9.17, 15) is 8.78 Å². The first-order valence-corrected chi connectivity index (χ1v) is 5.58. The molecular weight excluding hydrogens is 258 g/mol. The van der Waals surface area contributed by atoms with Crippen LogP contribution in [0.2, 0.25) is 0 Å². The average molecular weight is 270 g/mol. The summed E-state index contributed by atoms with van der Waals surface area (Å²) in [7, 11) is 0. The Bertz CT molecular complexity index is 519. The van der Waals surface area contributed by atoms with Crippen molar-refractivity contribution in [1.29, 1.82) is 0 Å². The quantitative estimate of drug-likeness (QED) is 0.848. The first-order chi connectivity index (χ1) is 9.19. The summed E-state index contributed by atoms with van der Waals surface area (Å²) in [6, 6.07) is -0.157. The lowest BCUT2D eigenvalue weighted by atomic mass is 10.7. The minimum absolute atomic E-state index is 0.157. The summed E-state index contributed by atoms with van der Waals surface area (Å²) in [5.41, 5.74) is 0. The van der Waals surface area contributed by atoms with E-state index in [1.165, 1.54) is 10.9 Å². The fraction of sp³-hybridized carbons (Fsp3) is 0.400. The third-order valence-corrected chi connectivity index (χ3v) is 2.01. The van der Waals surface area contributed by atoms with Crippen molar-refractivity contribution in [3.8, 4) is 12.0 Å². The summed E-state index contributed by atoms with van der Waals surface area (Å²) in [6.07, 6.45) is 2.08. The Morgan fingerprint density at radius 2 is 2.21 bits per heavy atom. The van der Waals surface area contributed by atoms with Crippen LogP contribution in [-0.4, -0.2) is 44.1 Å². The zero-order chi connectivity index (χ0) is 13.7. The second kappa shape index (κ2) is 6.03. The molecule has 0 aliphatic heterocycles. The third-order valence-electron chi connectivity index (χ3n) is 2.01. The van der Waals surface area contributed by atoms with Crippen LogP contribution >= 0.6 is 0 Å². The molecule has 0 fully saturated rings. The first-order valence-electron chi connectivity index (χ1n) is 5.58.